The third kappa shape index (κ3) is 5.22. The van der Waals surface area contributed by atoms with Gasteiger partial charge in [-0.3, -0.25) is 4.90 Å². The third-order valence-corrected chi connectivity index (χ3v) is 5.74. The molecule has 31 heavy (non-hydrogen) atoms. The number of hydrogen-bond acceptors (Lipinski definition) is 5. The number of rotatable bonds is 8. The molecule has 7 heteroatoms. The number of amides is 2. The van der Waals surface area contributed by atoms with Crippen molar-refractivity contribution < 1.29 is 19.0 Å². The minimum Gasteiger partial charge on any atom is -0.497 e. The average Bonchev–Trinajstić information content (AvgIpc) is 2.78. The number of methoxy groups -OCH3 is 3. The van der Waals surface area contributed by atoms with E-state index < -0.39 is 0 Å². The van der Waals surface area contributed by atoms with Crippen LogP contribution in [-0.2, 0) is 13.0 Å². The maximum Gasteiger partial charge on any atom is 0.315 e. The van der Waals surface area contributed by atoms with Crippen LogP contribution in [0.4, 0.5) is 4.79 Å². The average molecular weight is 428 g/mol. The summed E-state index contributed by atoms with van der Waals surface area (Å²) in [6, 6.07) is 12.0. The fourth-order valence-corrected chi connectivity index (χ4v) is 4.25. The number of benzene rings is 2. The first kappa shape index (κ1) is 22.7. The van der Waals surface area contributed by atoms with Gasteiger partial charge in [-0.1, -0.05) is 12.1 Å². The smallest absolute Gasteiger partial charge is 0.315 e. The summed E-state index contributed by atoms with van der Waals surface area (Å²) >= 11 is 0. The Hall–Kier alpha value is -2.93. The predicted octanol–water partition coefficient (Wildman–Crippen LogP) is 3.52. The zero-order valence-electron chi connectivity index (χ0n) is 19.0. The second kappa shape index (κ2) is 10.4. The molecular weight excluding hydrogens is 394 g/mol. The number of carbonyl (C=O) groups excluding carboxylic acids is 1. The summed E-state index contributed by atoms with van der Waals surface area (Å²) in [7, 11) is 4.97. The topological polar surface area (TPSA) is 72.1 Å². The van der Waals surface area contributed by atoms with Crippen LogP contribution in [0.3, 0.4) is 0 Å². The largest absolute Gasteiger partial charge is 0.497 e. The van der Waals surface area contributed by atoms with Gasteiger partial charge < -0.3 is 24.8 Å². The van der Waals surface area contributed by atoms with Crippen molar-refractivity contribution in [3.05, 3.63) is 53.1 Å². The Bertz CT molecular complexity index is 885. The van der Waals surface area contributed by atoms with E-state index in [1.807, 2.05) is 26.0 Å². The molecule has 168 valence electrons. The molecule has 3 rings (SSSR count). The molecule has 0 spiro atoms. The van der Waals surface area contributed by atoms with Crippen LogP contribution in [0.15, 0.2) is 36.4 Å². The van der Waals surface area contributed by atoms with Gasteiger partial charge in [0, 0.05) is 25.7 Å². The standard InChI is InChI=1S/C24H33N3O4/c1-6-25-24(28)26-16(2)23-20-14-22(31-5)21(30-4)13-18(20)11-12-27(23)15-17-7-9-19(29-3)10-8-17/h7-10,13-14,16,23H,6,11-12,15H2,1-5H3,(H2,25,26,28)/t16-,23-/m0/s1. The summed E-state index contributed by atoms with van der Waals surface area (Å²) < 4.78 is 16.4. The Balaban J connectivity index is 1.95. The van der Waals surface area contributed by atoms with Crippen LogP contribution in [0.5, 0.6) is 17.2 Å². The molecule has 0 fully saturated rings. The molecule has 2 aromatic carbocycles. The van der Waals surface area contributed by atoms with Gasteiger partial charge in [-0.05, 0) is 61.2 Å². The Kier molecular flexibility index (Phi) is 7.63. The molecule has 2 atom stereocenters. The van der Waals surface area contributed by atoms with Crippen molar-refractivity contribution in [2.24, 2.45) is 0 Å². The van der Waals surface area contributed by atoms with Crippen LogP contribution in [0.25, 0.3) is 0 Å². The Morgan fingerprint density at radius 2 is 1.77 bits per heavy atom. The van der Waals surface area contributed by atoms with Crippen molar-refractivity contribution in [3.8, 4) is 17.2 Å². The first-order valence-corrected chi connectivity index (χ1v) is 10.7. The van der Waals surface area contributed by atoms with E-state index in [1.54, 1.807) is 21.3 Å². The number of ether oxygens (including phenoxy) is 3. The van der Waals surface area contributed by atoms with Gasteiger partial charge in [0.1, 0.15) is 5.75 Å². The lowest BCUT2D eigenvalue weighted by atomic mass is 9.87. The first-order chi connectivity index (χ1) is 15.0. The number of fused-ring (bicyclic) bond motifs is 1. The molecule has 2 N–H and O–H groups in total. The maximum absolute atomic E-state index is 12.3. The minimum absolute atomic E-state index is 0.00624. The summed E-state index contributed by atoms with van der Waals surface area (Å²) in [6.45, 7) is 6.19. The molecule has 0 bridgehead atoms. The molecular formula is C24H33N3O4. The molecule has 0 aliphatic carbocycles. The molecule has 7 nitrogen and oxygen atoms in total. The van der Waals surface area contributed by atoms with Crippen molar-refractivity contribution in [2.45, 2.75) is 38.9 Å². The Morgan fingerprint density at radius 3 is 2.39 bits per heavy atom. The zero-order valence-corrected chi connectivity index (χ0v) is 19.0. The summed E-state index contributed by atoms with van der Waals surface area (Å²) in [4.78, 5) is 14.7. The van der Waals surface area contributed by atoms with Gasteiger partial charge >= 0.3 is 6.03 Å². The van der Waals surface area contributed by atoms with E-state index in [1.165, 1.54) is 11.1 Å². The molecule has 0 unspecified atom stereocenters. The number of urea groups is 1. The molecule has 0 aromatic heterocycles. The summed E-state index contributed by atoms with van der Waals surface area (Å²) in [5, 5.41) is 5.94. The van der Waals surface area contributed by atoms with Gasteiger partial charge in [-0.15, -0.1) is 0 Å². The van der Waals surface area contributed by atoms with Crippen molar-refractivity contribution in [3.63, 3.8) is 0 Å². The normalized spacial score (nSPS) is 16.7. The number of nitrogens with one attached hydrogen (secondary N) is 2. The summed E-state index contributed by atoms with van der Waals surface area (Å²) in [5.41, 5.74) is 3.57. The van der Waals surface area contributed by atoms with Crippen LogP contribution in [0.1, 0.15) is 36.6 Å². The highest BCUT2D eigenvalue weighted by Gasteiger charge is 2.33. The lowest BCUT2D eigenvalue weighted by molar-refractivity contribution is 0.143. The molecule has 1 heterocycles. The van der Waals surface area contributed by atoms with E-state index in [0.29, 0.717) is 12.3 Å². The number of nitrogens with zero attached hydrogens (tertiary/aromatic N) is 1. The lowest BCUT2D eigenvalue weighted by Crippen LogP contribution is -2.49. The zero-order chi connectivity index (χ0) is 22.4. The SMILES string of the molecule is CCNC(=O)N[C@@H](C)[C@H]1c2cc(OC)c(OC)cc2CCN1Cc1ccc(OC)cc1. The molecule has 0 saturated carbocycles. The van der Waals surface area contributed by atoms with Crippen molar-refractivity contribution in [1.29, 1.82) is 0 Å². The number of carbonyl (C=O) groups is 1. The fourth-order valence-electron chi connectivity index (χ4n) is 4.25. The second-order valence-electron chi connectivity index (χ2n) is 7.71. The highest BCUT2D eigenvalue weighted by atomic mass is 16.5. The molecule has 2 amide bonds. The van der Waals surface area contributed by atoms with Crippen LogP contribution in [-0.4, -0.2) is 51.4 Å². The van der Waals surface area contributed by atoms with Gasteiger partial charge in [0.05, 0.1) is 27.4 Å². The fraction of sp³-hybridized carbons (Fsp3) is 0.458. The summed E-state index contributed by atoms with van der Waals surface area (Å²) in [5.74, 6) is 2.27. The van der Waals surface area contributed by atoms with E-state index in [-0.39, 0.29) is 18.1 Å². The van der Waals surface area contributed by atoms with E-state index in [4.69, 9.17) is 14.2 Å². The van der Waals surface area contributed by atoms with Gasteiger partial charge in [-0.2, -0.15) is 0 Å². The highest BCUT2D eigenvalue weighted by Crippen LogP contribution is 2.40. The van der Waals surface area contributed by atoms with Crippen molar-refractivity contribution >= 4 is 6.03 Å². The van der Waals surface area contributed by atoms with Crippen molar-refractivity contribution in [2.75, 3.05) is 34.4 Å². The quantitative estimate of drug-likeness (QED) is 0.675. The molecule has 1 aliphatic heterocycles. The number of hydrogen-bond donors (Lipinski definition) is 2. The molecule has 1 aliphatic rings. The van der Waals surface area contributed by atoms with E-state index in [9.17, 15) is 4.79 Å². The van der Waals surface area contributed by atoms with E-state index >= 15 is 0 Å². The van der Waals surface area contributed by atoms with Gasteiger partial charge in [0.15, 0.2) is 11.5 Å². The van der Waals surface area contributed by atoms with Crippen LogP contribution in [0.2, 0.25) is 0 Å². The van der Waals surface area contributed by atoms with Crippen LogP contribution in [0, 0.1) is 0 Å². The Morgan fingerprint density at radius 1 is 1.10 bits per heavy atom. The van der Waals surface area contributed by atoms with Gasteiger partial charge in [-0.25, -0.2) is 4.79 Å². The van der Waals surface area contributed by atoms with Gasteiger partial charge in [0.2, 0.25) is 0 Å². The van der Waals surface area contributed by atoms with Crippen LogP contribution >= 0.6 is 0 Å². The molecule has 2 aromatic rings. The lowest BCUT2D eigenvalue weighted by Gasteiger charge is -2.41. The van der Waals surface area contributed by atoms with E-state index in [2.05, 4.69) is 39.8 Å². The third-order valence-electron chi connectivity index (χ3n) is 5.74. The first-order valence-electron chi connectivity index (χ1n) is 10.7. The molecule has 0 saturated heterocycles. The minimum atomic E-state index is -0.160. The predicted molar refractivity (Wildman–Crippen MR) is 121 cm³/mol. The van der Waals surface area contributed by atoms with Gasteiger partial charge in [0.25, 0.3) is 0 Å². The summed E-state index contributed by atoms with van der Waals surface area (Å²) in [6.07, 6.45) is 0.899. The molecule has 0 radical (unpaired) electrons. The van der Waals surface area contributed by atoms with E-state index in [0.717, 1.165) is 36.6 Å². The second-order valence-corrected chi connectivity index (χ2v) is 7.71. The Labute approximate surface area is 184 Å². The highest BCUT2D eigenvalue weighted by molar-refractivity contribution is 5.74. The maximum atomic E-state index is 12.3. The van der Waals surface area contributed by atoms with Crippen molar-refractivity contribution in [1.82, 2.24) is 15.5 Å². The monoisotopic (exact) mass is 427 g/mol. The van der Waals surface area contributed by atoms with Crippen LogP contribution < -0.4 is 24.8 Å².